The van der Waals surface area contributed by atoms with Gasteiger partial charge in [0.1, 0.15) is 5.25 Å². The summed E-state index contributed by atoms with van der Waals surface area (Å²) in [6.45, 7) is 2.35. The highest BCUT2D eigenvalue weighted by atomic mass is 35.5. The van der Waals surface area contributed by atoms with Crippen LogP contribution in [0.5, 0.6) is 11.5 Å². The molecule has 0 aromatic heterocycles. The van der Waals surface area contributed by atoms with Crippen LogP contribution in [0.3, 0.4) is 0 Å². The number of rotatable bonds is 10. The van der Waals surface area contributed by atoms with Gasteiger partial charge in [-0.25, -0.2) is 9.79 Å². The summed E-state index contributed by atoms with van der Waals surface area (Å²) in [5.74, 6) is 0.233. The molecule has 3 aromatic carbocycles. The van der Waals surface area contributed by atoms with E-state index in [1.54, 1.807) is 74.6 Å². The molecule has 1 unspecified atom stereocenters. The number of amides is 2. The summed E-state index contributed by atoms with van der Waals surface area (Å²) in [5.41, 5.74) is 2.41. The van der Waals surface area contributed by atoms with E-state index in [0.717, 1.165) is 5.56 Å². The molecule has 1 aliphatic heterocycles. The highest BCUT2D eigenvalue weighted by Gasteiger charge is 2.36. The van der Waals surface area contributed by atoms with Crippen molar-refractivity contribution in [3.63, 3.8) is 0 Å². The molecule has 11 heteroatoms. The van der Waals surface area contributed by atoms with E-state index < -0.39 is 11.2 Å². The van der Waals surface area contributed by atoms with Crippen molar-refractivity contribution < 1.29 is 28.6 Å². The number of anilines is 1. The third-order valence-corrected chi connectivity index (χ3v) is 7.62. The molecule has 0 saturated carbocycles. The first-order valence-corrected chi connectivity index (χ1v) is 14.2. The molecule has 3 aromatic rings. The van der Waals surface area contributed by atoms with Crippen LogP contribution in [0, 0.1) is 0 Å². The van der Waals surface area contributed by atoms with Crippen molar-refractivity contribution in [3.8, 4) is 11.5 Å². The topological polar surface area (TPSA) is 107 Å². The zero-order valence-electron chi connectivity index (χ0n) is 22.9. The van der Waals surface area contributed by atoms with E-state index in [4.69, 9.17) is 30.8 Å². The number of nitrogens with zero attached hydrogens (tertiary/aromatic N) is 2. The Morgan fingerprint density at radius 3 is 2.49 bits per heavy atom. The molecule has 1 atom stereocenters. The van der Waals surface area contributed by atoms with E-state index in [2.05, 4.69) is 5.32 Å². The maximum atomic E-state index is 13.4. The monoisotopic (exact) mass is 595 g/mol. The Balaban J connectivity index is 1.57. The van der Waals surface area contributed by atoms with E-state index in [1.807, 2.05) is 18.2 Å². The predicted molar refractivity (Wildman–Crippen MR) is 161 cm³/mol. The first kappa shape index (κ1) is 30.0. The van der Waals surface area contributed by atoms with Gasteiger partial charge in [-0.15, -0.1) is 0 Å². The molecule has 1 saturated heterocycles. The molecule has 0 aliphatic carbocycles. The second-order valence-corrected chi connectivity index (χ2v) is 10.6. The van der Waals surface area contributed by atoms with Crippen LogP contribution in [0.4, 0.5) is 11.4 Å². The minimum Gasteiger partial charge on any atom is -0.493 e. The van der Waals surface area contributed by atoms with Crippen LogP contribution in [0.25, 0.3) is 0 Å². The summed E-state index contributed by atoms with van der Waals surface area (Å²) in [7, 11) is 3.14. The zero-order chi connectivity index (χ0) is 29.4. The fraction of sp³-hybridized carbons (Fsp3) is 0.267. The molecular weight excluding hydrogens is 566 g/mol. The number of nitrogens with one attached hydrogen (secondary N) is 1. The van der Waals surface area contributed by atoms with E-state index in [-0.39, 0.29) is 24.8 Å². The molecule has 4 rings (SSSR count). The van der Waals surface area contributed by atoms with Crippen LogP contribution in [0.15, 0.2) is 71.7 Å². The average molecular weight is 596 g/mol. The molecule has 1 N–H and O–H groups in total. The molecule has 1 heterocycles. The number of carbonyl (C=O) groups excluding carboxylic acids is 3. The first-order valence-electron chi connectivity index (χ1n) is 12.9. The first-order chi connectivity index (χ1) is 19.8. The summed E-state index contributed by atoms with van der Waals surface area (Å²) in [4.78, 5) is 44.9. The van der Waals surface area contributed by atoms with Gasteiger partial charge in [0.2, 0.25) is 11.8 Å². The number of hydrogen-bond acceptors (Lipinski definition) is 8. The van der Waals surface area contributed by atoms with E-state index >= 15 is 0 Å². The molecule has 41 heavy (non-hydrogen) atoms. The van der Waals surface area contributed by atoms with Gasteiger partial charge >= 0.3 is 5.97 Å². The Labute approximate surface area is 247 Å². The number of amidine groups is 1. The van der Waals surface area contributed by atoms with Gasteiger partial charge < -0.3 is 19.5 Å². The molecule has 9 nitrogen and oxygen atoms in total. The van der Waals surface area contributed by atoms with Gasteiger partial charge in [0.15, 0.2) is 16.7 Å². The molecule has 1 fully saturated rings. The van der Waals surface area contributed by atoms with Crippen molar-refractivity contribution in [1.29, 1.82) is 0 Å². The number of ether oxygens (including phenoxy) is 3. The van der Waals surface area contributed by atoms with Gasteiger partial charge in [-0.3, -0.25) is 14.5 Å². The van der Waals surface area contributed by atoms with E-state index in [0.29, 0.717) is 51.6 Å². The van der Waals surface area contributed by atoms with Crippen molar-refractivity contribution in [2.45, 2.75) is 25.0 Å². The number of hydrogen-bond donors (Lipinski definition) is 1. The van der Waals surface area contributed by atoms with Crippen molar-refractivity contribution >= 4 is 57.7 Å². The Bertz CT molecular complexity index is 1450. The van der Waals surface area contributed by atoms with Crippen LogP contribution in [-0.4, -0.2) is 60.5 Å². The Kier molecular flexibility index (Phi) is 10.3. The third kappa shape index (κ3) is 7.80. The number of carbonyl (C=O) groups is 3. The van der Waals surface area contributed by atoms with Crippen LogP contribution in [0.1, 0.15) is 29.3 Å². The van der Waals surface area contributed by atoms with Crippen molar-refractivity contribution in [3.05, 3.63) is 82.9 Å². The lowest BCUT2D eigenvalue weighted by Gasteiger charge is -2.32. The second kappa shape index (κ2) is 14.0. The second-order valence-electron chi connectivity index (χ2n) is 8.96. The van der Waals surface area contributed by atoms with Crippen molar-refractivity contribution in [1.82, 2.24) is 4.90 Å². The van der Waals surface area contributed by atoms with Crippen molar-refractivity contribution in [2.24, 2.45) is 4.99 Å². The maximum Gasteiger partial charge on any atom is 0.338 e. The molecule has 0 radical (unpaired) electrons. The summed E-state index contributed by atoms with van der Waals surface area (Å²) in [5, 5.41) is 3.02. The van der Waals surface area contributed by atoms with Crippen molar-refractivity contribution in [2.75, 3.05) is 32.7 Å². The van der Waals surface area contributed by atoms with E-state index in [9.17, 15) is 14.4 Å². The van der Waals surface area contributed by atoms with Crippen LogP contribution in [-0.2, 0) is 20.7 Å². The molecule has 1 aliphatic rings. The quantitative estimate of drug-likeness (QED) is 0.298. The number of aliphatic imine (C=N–C) groups is 1. The summed E-state index contributed by atoms with van der Waals surface area (Å²) in [6, 6.07) is 19.0. The molecular formula is C30H30ClN3O6S. The maximum absolute atomic E-state index is 13.4. The smallest absolute Gasteiger partial charge is 0.338 e. The lowest BCUT2D eigenvalue weighted by atomic mass is 10.1. The Morgan fingerprint density at radius 1 is 1.05 bits per heavy atom. The molecule has 214 valence electrons. The fourth-order valence-electron chi connectivity index (χ4n) is 4.12. The number of benzene rings is 3. The normalized spacial score (nSPS) is 15.9. The van der Waals surface area contributed by atoms with Gasteiger partial charge in [-0.2, -0.15) is 0 Å². The highest BCUT2D eigenvalue weighted by Crippen LogP contribution is 2.32. The lowest BCUT2D eigenvalue weighted by molar-refractivity contribution is -0.129. The van der Waals surface area contributed by atoms with Crippen LogP contribution in [0.2, 0.25) is 5.02 Å². The Hall–Kier alpha value is -4.02. The molecule has 2 amide bonds. The van der Waals surface area contributed by atoms with Crippen LogP contribution >= 0.6 is 23.4 Å². The summed E-state index contributed by atoms with van der Waals surface area (Å²) < 4.78 is 15.8. The van der Waals surface area contributed by atoms with Gasteiger partial charge in [-0.1, -0.05) is 35.5 Å². The average Bonchev–Trinajstić information content (AvgIpc) is 2.97. The number of halogens is 1. The SMILES string of the molecule is CCOC(=O)c1ccc(N=C2SC(C(=O)Nc3cccc(Cl)c3)CC(=O)N2CCc2ccc(OC)c(OC)c2)cc1. The van der Waals surface area contributed by atoms with Crippen LogP contribution < -0.4 is 14.8 Å². The lowest BCUT2D eigenvalue weighted by Crippen LogP contribution is -2.46. The summed E-state index contributed by atoms with van der Waals surface area (Å²) in [6.07, 6.45) is 0.524. The summed E-state index contributed by atoms with van der Waals surface area (Å²) >= 11 is 7.27. The molecule has 0 spiro atoms. The fourth-order valence-corrected chi connectivity index (χ4v) is 5.44. The van der Waals surface area contributed by atoms with E-state index in [1.165, 1.54) is 11.8 Å². The largest absolute Gasteiger partial charge is 0.493 e. The standard InChI is InChI=1S/C30H30ClN3O6S/c1-4-40-29(37)20-9-11-22(12-10-20)33-30-34(15-14-19-8-13-24(38-2)25(16-19)39-3)27(35)18-26(41-30)28(36)32-23-7-5-6-21(31)17-23/h5-13,16-17,26H,4,14-15,18H2,1-3H3,(H,32,36). The number of thioether (sulfide) groups is 1. The minimum atomic E-state index is -0.698. The van der Waals surface area contributed by atoms with Gasteiger partial charge in [-0.05, 0) is 73.5 Å². The predicted octanol–water partition coefficient (Wildman–Crippen LogP) is 5.74. The Morgan fingerprint density at radius 2 is 1.80 bits per heavy atom. The molecule has 0 bridgehead atoms. The number of methoxy groups -OCH3 is 2. The zero-order valence-corrected chi connectivity index (χ0v) is 24.5. The number of esters is 1. The van der Waals surface area contributed by atoms with Gasteiger partial charge in [0.25, 0.3) is 0 Å². The highest BCUT2D eigenvalue weighted by molar-refractivity contribution is 8.15. The minimum absolute atomic E-state index is 0.00379. The van der Waals surface area contributed by atoms with Gasteiger partial charge in [0.05, 0.1) is 32.1 Å². The van der Waals surface area contributed by atoms with Gasteiger partial charge in [0, 0.05) is 23.7 Å². The third-order valence-electron chi connectivity index (χ3n) is 6.20.